The molecular weight excluding hydrogens is 266 g/mol. The second kappa shape index (κ2) is 8.52. The second-order valence-electron chi connectivity index (χ2n) is 6.52. The Morgan fingerprint density at radius 3 is 2.38 bits per heavy atom. The van der Waals surface area contributed by atoms with E-state index in [1.165, 1.54) is 19.3 Å². The van der Waals surface area contributed by atoms with Crippen LogP contribution in [0.5, 0.6) is 0 Å². The number of rotatable bonds is 6. The summed E-state index contributed by atoms with van der Waals surface area (Å²) in [5, 5.41) is 3.06. The van der Waals surface area contributed by atoms with Crippen LogP contribution in [0.15, 0.2) is 0 Å². The summed E-state index contributed by atoms with van der Waals surface area (Å²) in [6.07, 6.45) is 8.78. The average molecular weight is 295 g/mol. The van der Waals surface area contributed by atoms with Crippen LogP contribution in [0.25, 0.3) is 0 Å². The fraction of sp³-hybridized carbons (Fsp3) is 0.882. The molecule has 1 aliphatic heterocycles. The minimum Gasteiger partial charge on any atom is -0.381 e. The van der Waals surface area contributed by atoms with Gasteiger partial charge in [0, 0.05) is 26.1 Å². The van der Waals surface area contributed by atoms with E-state index in [0.29, 0.717) is 24.7 Å². The van der Waals surface area contributed by atoms with E-state index >= 15 is 0 Å². The van der Waals surface area contributed by atoms with Gasteiger partial charge in [0.2, 0.25) is 5.91 Å². The lowest BCUT2D eigenvalue weighted by Gasteiger charge is -2.30. The monoisotopic (exact) mass is 295 g/mol. The largest absolute Gasteiger partial charge is 0.381 e. The quantitative estimate of drug-likeness (QED) is 0.820. The first-order valence-electron chi connectivity index (χ1n) is 8.60. The number of amides is 1. The van der Waals surface area contributed by atoms with Gasteiger partial charge in [0.25, 0.3) is 0 Å². The van der Waals surface area contributed by atoms with Crippen molar-refractivity contribution in [1.29, 1.82) is 0 Å². The van der Waals surface area contributed by atoms with Gasteiger partial charge in [-0.25, -0.2) is 0 Å². The summed E-state index contributed by atoms with van der Waals surface area (Å²) in [5.74, 6) is 1.02. The van der Waals surface area contributed by atoms with Crippen molar-refractivity contribution in [3.05, 3.63) is 0 Å². The summed E-state index contributed by atoms with van der Waals surface area (Å²) in [7, 11) is 0. The fourth-order valence-corrected chi connectivity index (χ4v) is 3.59. The number of Topliss-reactive ketones (excluding diaryl/α,β-unsaturated/α-hetero) is 1. The molecule has 0 aromatic heterocycles. The zero-order valence-corrected chi connectivity index (χ0v) is 13.2. The molecule has 0 bridgehead atoms. The lowest BCUT2D eigenvalue weighted by atomic mass is 9.81. The predicted molar refractivity (Wildman–Crippen MR) is 82.0 cm³/mol. The Bertz CT molecular complexity index is 344. The highest BCUT2D eigenvalue weighted by Crippen LogP contribution is 2.27. The summed E-state index contributed by atoms with van der Waals surface area (Å²) >= 11 is 0. The third-order valence-electron chi connectivity index (χ3n) is 4.95. The van der Waals surface area contributed by atoms with Crippen molar-refractivity contribution >= 4 is 11.7 Å². The van der Waals surface area contributed by atoms with Gasteiger partial charge in [0.1, 0.15) is 0 Å². The average Bonchev–Trinajstić information content (AvgIpc) is 2.53. The van der Waals surface area contributed by atoms with Crippen molar-refractivity contribution in [1.82, 2.24) is 5.32 Å². The van der Waals surface area contributed by atoms with Gasteiger partial charge in [0.15, 0.2) is 5.78 Å². The first-order chi connectivity index (χ1) is 10.2. The van der Waals surface area contributed by atoms with Crippen LogP contribution in [0.3, 0.4) is 0 Å². The van der Waals surface area contributed by atoms with Crippen LogP contribution in [-0.2, 0) is 14.3 Å². The molecule has 1 heterocycles. The van der Waals surface area contributed by atoms with Gasteiger partial charge in [-0.1, -0.05) is 26.2 Å². The van der Waals surface area contributed by atoms with E-state index in [4.69, 9.17) is 4.74 Å². The van der Waals surface area contributed by atoms with E-state index < -0.39 is 0 Å². The first-order valence-corrected chi connectivity index (χ1v) is 8.60. The maximum absolute atomic E-state index is 12.3. The molecule has 0 aromatic carbocycles. The van der Waals surface area contributed by atoms with E-state index in [1.54, 1.807) is 0 Å². The lowest BCUT2D eigenvalue weighted by molar-refractivity contribution is -0.130. The van der Waals surface area contributed by atoms with Crippen LogP contribution in [-0.4, -0.2) is 30.9 Å². The Balaban J connectivity index is 1.87. The summed E-state index contributed by atoms with van der Waals surface area (Å²) in [5.41, 5.74) is 0. The fourth-order valence-electron chi connectivity index (χ4n) is 3.59. The minimum absolute atomic E-state index is 0.0549. The molecule has 120 valence electrons. The highest BCUT2D eigenvalue weighted by Gasteiger charge is 2.30. The number of hydrogen-bond donors (Lipinski definition) is 1. The highest BCUT2D eigenvalue weighted by atomic mass is 16.5. The molecule has 2 aliphatic rings. The highest BCUT2D eigenvalue weighted by molar-refractivity contribution is 5.89. The Morgan fingerprint density at radius 2 is 1.76 bits per heavy atom. The lowest BCUT2D eigenvalue weighted by Crippen LogP contribution is -2.47. The van der Waals surface area contributed by atoms with Crippen molar-refractivity contribution in [2.75, 3.05) is 13.2 Å². The van der Waals surface area contributed by atoms with E-state index in [0.717, 1.165) is 38.9 Å². The van der Waals surface area contributed by atoms with Crippen molar-refractivity contribution in [2.24, 2.45) is 11.8 Å². The zero-order valence-electron chi connectivity index (χ0n) is 13.2. The topological polar surface area (TPSA) is 55.4 Å². The molecule has 1 atom stereocenters. The molecule has 1 saturated heterocycles. The molecule has 1 saturated carbocycles. The SMILES string of the molecule is CCC(=O)C(NC(=O)CC1CCOCC1)C1CCCCC1. The normalized spacial score (nSPS) is 22.7. The molecule has 4 nitrogen and oxygen atoms in total. The second-order valence-corrected chi connectivity index (χ2v) is 6.52. The summed E-state index contributed by atoms with van der Waals surface area (Å²) in [6.45, 7) is 3.42. The van der Waals surface area contributed by atoms with Gasteiger partial charge >= 0.3 is 0 Å². The van der Waals surface area contributed by atoms with Crippen molar-refractivity contribution in [2.45, 2.75) is 70.8 Å². The van der Waals surface area contributed by atoms with E-state index in [-0.39, 0.29) is 17.7 Å². The molecule has 4 heteroatoms. The summed E-state index contributed by atoms with van der Waals surface area (Å²) in [6, 6.07) is -0.248. The van der Waals surface area contributed by atoms with Crippen molar-refractivity contribution in [3.63, 3.8) is 0 Å². The Kier molecular flexibility index (Phi) is 6.68. The molecule has 2 rings (SSSR count). The zero-order chi connectivity index (χ0) is 15.1. The van der Waals surface area contributed by atoms with Gasteiger partial charge < -0.3 is 10.1 Å². The number of nitrogens with one attached hydrogen (secondary N) is 1. The number of ketones is 1. The maximum Gasteiger partial charge on any atom is 0.220 e. The molecule has 0 aromatic rings. The molecule has 1 unspecified atom stereocenters. The standard InChI is InChI=1S/C17H29NO3/c1-2-15(19)17(14-6-4-3-5-7-14)18-16(20)12-13-8-10-21-11-9-13/h13-14,17H,2-12H2,1H3,(H,18,20). The third-order valence-corrected chi connectivity index (χ3v) is 4.95. The van der Waals surface area contributed by atoms with Crippen LogP contribution < -0.4 is 5.32 Å². The van der Waals surface area contributed by atoms with Gasteiger partial charge in [-0.3, -0.25) is 9.59 Å². The van der Waals surface area contributed by atoms with Crippen LogP contribution in [0.1, 0.15) is 64.7 Å². The molecule has 21 heavy (non-hydrogen) atoms. The molecule has 0 radical (unpaired) electrons. The molecule has 1 amide bonds. The van der Waals surface area contributed by atoms with Crippen LogP contribution in [0.4, 0.5) is 0 Å². The Morgan fingerprint density at radius 1 is 1.10 bits per heavy atom. The summed E-state index contributed by atoms with van der Waals surface area (Å²) in [4.78, 5) is 24.5. The number of ether oxygens (including phenoxy) is 1. The molecule has 1 aliphatic carbocycles. The Hall–Kier alpha value is -0.900. The smallest absolute Gasteiger partial charge is 0.220 e. The maximum atomic E-state index is 12.3. The van der Waals surface area contributed by atoms with Crippen LogP contribution in [0.2, 0.25) is 0 Å². The molecule has 0 spiro atoms. The van der Waals surface area contributed by atoms with E-state index in [1.807, 2.05) is 6.92 Å². The first kappa shape index (κ1) is 16.5. The van der Waals surface area contributed by atoms with Crippen molar-refractivity contribution in [3.8, 4) is 0 Å². The summed E-state index contributed by atoms with van der Waals surface area (Å²) < 4.78 is 5.33. The number of carbonyl (C=O) groups is 2. The Labute approximate surface area is 128 Å². The van der Waals surface area contributed by atoms with Gasteiger partial charge in [-0.15, -0.1) is 0 Å². The third kappa shape index (κ3) is 5.10. The minimum atomic E-state index is -0.248. The van der Waals surface area contributed by atoms with Gasteiger partial charge in [-0.05, 0) is 37.5 Å². The van der Waals surface area contributed by atoms with Crippen LogP contribution >= 0.6 is 0 Å². The van der Waals surface area contributed by atoms with Crippen LogP contribution in [0, 0.1) is 11.8 Å². The van der Waals surface area contributed by atoms with E-state index in [2.05, 4.69) is 5.32 Å². The van der Waals surface area contributed by atoms with Crippen molar-refractivity contribution < 1.29 is 14.3 Å². The molecule has 1 N–H and O–H groups in total. The molecular formula is C17H29NO3. The number of carbonyl (C=O) groups excluding carboxylic acids is 2. The number of hydrogen-bond acceptors (Lipinski definition) is 3. The van der Waals surface area contributed by atoms with Gasteiger partial charge in [-0.2, -0.15) is 0 Å². The molecule has 2 fully saturated rings. The van der Waals surface area contributed by atoms with Gasteiger partial charge in [0.05, 0.1) is 6.04 Å². The predicted octanol–water partition coefficient (Wildman–Crippen LogP) is 2.85. The van der Waals surface area contributed by atoms with E-state index in [9.17, 15) is 9.59 Å².